The van der Waals surface area contributed by atoms with E-state index in [1.165, 1.54) is 44.1 Å². The summed E-state index contributed by atoms with van der Waals surface area (Å²) in [7, 11) is 2.06. The lowest BCUT2D eigenvalue weighted by Crippen LogP contribution is -2.16. The average molecular weight is 414 g/mol. The van der Waals surface area contributed by atoms with E-state index in [1.807, 2.05) is 6.33 Å². The molecule has 0 unspecified atom stereocenters. The first kappa shape index (κ1) is 17.8. The van der Waals surface area contributed by atoms with Crippen LogP contribution in [-0.2, 0) is 12.5 Å². The predicted molar refractivity (Wildman–Crippen MR) is 133 cm³/mol. The van der Waals surface area contributed by atoms with Crippen molar-refractivity contribution in [3.63, 3.8) is 0 Å². The van der Waals surface area contributed by atoms with Crippen molar-refractivity contribution < 1.29 is 0 Å². The van der Waals surface area contributed by atoms with E-state index in [0.717, 1.165) is 16.7 Å². The van der Waals surface area contributed by atoms with Crippen LogP contribution >= 0.6 is 0 Å². The van der Waals surface area contributed by atoms with Crippen molar-refractivity contribution in [1.82, 2.24) is 14.1 Å². The second-order valence-corrected chi connectivity index (χ2v) is 9.41. The lowest BCUT2D eigenvalue weighted by molar-refractivity contribution is 0.664. The van der Waals surface area contributed by atoms with Crippen molar-refractivity contribution in [1.29, 1.82) is 0 Å². The summed E-state index contributed by atoms with van der Waals surface area (Å²) in [4.78, 5) is 4.80. The van der Waals surface area contributed by atoms with E-state index < -0.39 is 0 Å². The molecule has 0 amide bonds. The lowest BCUT2D eigenvalue weighted by atomic mass is 9.81. The molecule has 0 bridgehead atoms. The lowest BCUT2D eigenvalue weighted by Gasteiger charge is -2.23. The average Bonchev–Trinajstić information content (AvgIpc) is 3.43. The van der Waals surface area contributed by atoms with Crippen LogP contribution in [0, 0.1) is 0 Å². The van der Waals surface area contributed by atoms with Crippen LogP contribution in [0.2, 0.25) is 0 Å². The largest absolute Gasteiger partial charge is 0.334 e. The number of aryl methyl sites for hydroxylation is 1. The Morgan fingerprint density at radius 3 is 2.41 bits per heavy atom. The molecular weight excluding hydrogens is 390 g/mol. The molecule has 0 saturated carbocycles. The fourth-order valence-electron chi connectivity index (χ4n) is 5.89. The summed E-state index contributed by atoms with van der Waals surface area (Å²) in [6, 6.07) is 28.7. The Morgan fingerprint density at radius 2 is 1.50 bits per heavy atom. The number of hydrogen-bond acceptors (Lipinski definition) is 1. The molecule has 154 valence electrons. The second kappa shape index (κ2) is 5.89. The first-order chi connectivity index (χ1) is 15.6. The maximum absolute atomic E-state index is 4.80. The van der Waals surface area contributed by atoms with Gasteiger partial charge >= 0.3 is 0 Å². The van der Waals surface area contributed by atoms with E-state index >= 15 is 0 Å². The summed E-state index contributed by atoms with van der Waals surface area (Å²) in [5, 5.41) is 2.58. The Kier molecular flexibility index (Phi) is 3.27. The maximum Gasteiger partial charge on any atom is 0.112 e. The van der Waals surface area contributed by atoms with Crippen molar-refractivity contribution in [3.05, 3.63) is 96.3 Å². The van der Waals surface area contributed by atoms with E-state index in [1.54, 1.807) is 0 Å². The van der Waals surface area contributed by atoms with Gasteiger partial charge in [-0.2, -0.15) is 0 Å². The van der Waals surface area contributed by atoms with Crippen molar-refractivity contribution >= 4 is 32.8 Å². The molecule has 0 fully saturated rings. The Hall–Kier alpha value is -3.85. The van der Waals surface area contributed by atoms with Crippen LogP contribution < -0.4 is 0 Å². The van der Waals surface area contributed by atoms with Gasteiger partial charge in [-0.25, -0.2) is 4.98 Å². The number of benzene rings is 4. The molecule has 0 atom stereocenters. The molecule has 0 radical (unpaired) electrons. The Bertz CT molecular complexity index is 1710. The standard InChI is InChI=1S/C29H23N3/c1-29(2)22-11-6-4-9-18(22)20-15-16-21-19-10-5-7-12-23(19)32(28(21)26(20)29)25-14-8-13-24-27(25)30-17-31(24)3/h4-17H,1-3H3. The molecule has 32 heavy (non-hydrogen) atoms. The van der Waals surface area contributed by atoms with Crippen LogP contribution in [0.1, 0.15) is 25.0 Å². The minimum Gasteiger partial charge on any atom is -0.334 e. The van der Waals surface area contributed by atoms with E-state index in [2.05, 4.69) is 109 Å². The van der Waals surface area contributed by atoms with Gasteiger partial charge in [0, 0.05) is 23.2 Å². The molecule has 0 N–H and O–H groups in total. The third-order valence-corrected chi connectivity index (χ3v) is 7.33. The molecule has 0 aliphatic heterocycles. The topological polar surface area (TPSA) is 22.8 Å². The molecule has 7 rings (SSSR count). The van der Waals surface area contributed by atoms with Gasteiger partial charge in [-0.15, -0.1) is 0 Å². The highest BCUT2D eigenvalue weighted by molar-refractivity contribution is 6.13. The van der Waals surface area contributed by atoms with E-state index in [0.29, 0.717) is 0 Å². The zero-order chi connectivity index (χ0) is 21.6. The Balaban J connectivity index is 1.73. The van der Waals surface area contributed by atoms with Gasteiger partial charge < -0.3 is 9.13 Å². The Labute approximate surface area is 186 Å². The molecular formula is C29H23N3. The van der Waals surface area contributed by atoms with E-state index in [9.17, 15) is 0 Å². The summed E-state index contributed by atoms with van der Waals surface area (Å²) >= 11 is 0. The van der Waals surface area contributed by atoms with Crippen LogP contribution in [0.25, 0.3) is 49.7 Å². The van der Waals surface area contributed by atoms with Crippen LogP contribution in [0.15, 0.2) is 85.2 Å². The molecule has 1 aliphatic rings. The molecule has 0 saturated heterocycles. The normalized spacial score (nSPS) is 14.3. The van der Waals surface area contributed by atoms with Gasteiger partial charge in [0.1, 0.15) is 5.52 Å². The second-order valence-electron chi connectivity index (χ2n) is 9.41. The summed E-state index contributed by atoms with van der Waals surface area (Å²) in [5.74, 6) is 0. The molecule has 1 aliphatic carbocycles. The summed E-state index contributed by atoms with van der Waals surface area (Å²) < 4.78 is 4.55. The molecule has 0 spiro atoms. The van der Waals surface area contributed by atoms with Crippen LogP contribution in [-0.4, -0.2) is 14.1 Å². The molecule has 2 heterocycles. The van der Waals surface area contributed by atoms with Gasteiger partial charge in [-0.05, 0) is 40.5 Å². The number of imidazole rings is 1. The molecule has 6 aromatic rings. The van der Waals surface area contributed by atoms with Gasteiger partial charge in [-0.3, -0.25) is 0 Å². The molecule has 3 nitrogen and oxygen atoms in total. The third-order valence-electron chi connectivity index (χ3n) is 7.33. The van der Waals surface area contributed by atoms with Gasteiger partial charge in [0.2, 0.25) is 0 Å². The summed E-state index contributed by atoms with van der Waals surface area (Å²) in [6.07, 6.45) is 1.91. The van der Waals surface area contributed by atoms with Crippen molar-refractivity contribution in [2.75, 3.05) is 0 Å². The number of fused-ring (bicyclic) bond motifs is 8. The zero-order valence-electron chi connectivity index (χ0n) is 18.4. The minimum absolute atomic E-state index is 0.0877. The smallest absolute Gasteiger partial charge is 0.112 e. The SMILES string of the molecule is Cn1cnc2c(-n3c4ccccc4c4ccc5c(c43)C(C)(C)c3ccccc3-5)cccc21. The van der Waals surface area contributed by atoms with Crippen LogP contribution in [0.4, 0.5) is 0 Å². The van der Waals surface area contributed by atoms with Gasteiger partial charge in [0.25, 0.3) is 0 Å². The molecule has 3 heteroatoms. The number of aromatic nitrogens is 3. The monoisotopic (exact) mass is 413 g/mol. The number of rotatable bonds is 1. The minimum atomic E-state index is -0.0877. The highest BCUT2D eigenvalue weighted by Crippen LogP contribution is 2.52. The maximum atomic E-state index is 4.80. The van der Waals surface area contributed by atoms with Crippen molar-refractivity contribution in [3.8, 4) is 16.8 Å². The number of hydrogen-bond donors (Lipinski definition) is 0. The van der Waals surface area contributed by atoms with Gasteiger partial charge in [0.05, 0.1) is 28.6 Å². The Morgan fingerprint density at radius 1 is 0.719 bits per heavy atom. The van der Waals surface area contributed by atoms with Crippen LogP contribution in [0.5, 0.6) is 0 Å². The first-order valence-electron chi connectivity index (χ1n) is 11.1. The van der Waals surface area contributed by atoms with Gasteiger partial charge in [-0.1, -0.05) is 74.5 Å². The van der Waals surface area contributed by atoms with Crippen molar-refractivity contribution in [2.45, 2.75) is 19.3 Å². The summed E-state index contributed by atoms with van der Waals surface area (Å²) in [5.41, 5.74) is 11.2. The highest BCUT2D eigenvalue weighted by atomic mass is 15.1. The molecule has 2 aromatic heterocycles. The van der Waals surface area contributed by atoms with Gasteiger partial charge in [0.15, 0.2) is 0 Å². The fraction of sp³-hybridized carbons (Fsp3) is 0.138. The fourth-order valence-corrected chi connectivity index (χ4v) is 5.89. The first-order valence-corrected chi connectivity index (χ1v) is 11.1. The van der Waals surface area contributed by atoms with E-state index in [-0.39, 0.29) is 5.41 Å². The zero-order valence-corrected chi connectivity index (χ0v) is 18.4. The number of nitrogens with zero attached hydrogens (tertiary/aromatic N) is 3. The molecule has 4 aromatic carbocycles. The summed E-state index contributed by atoms with van der Waals surface area (Å²) in [6.45, 7) is 4.72. The van der Waals surface area contributed by atoms with Crippen LogP contribution in [0.3, 0.4) is 0 Å². The van der Waals surface area contributed by atoms with Crippen molar-refractivity contribution in [2.24, 2.45) is 7.05 Å². The highest BCUT2D eigenvalue weighted by Gasteiger charge is 2.38. The quantitative estimate of drug-likeness (QED) is 0.285. The van der Waals surface area contributed by atoms with E-state index in [4.69, 9.17) is 4.98 Å². The predicted octanol–water partition coefficient (Wildman–Crippen LogP) is 6.98. The number of para-hydroxylation sites is 2. The third kappa shape index (κ3) is 2.04.